The van der Waals surface area contributed by atoms with E-state index in [1.165, 1.54) is 16.8 Å². The van der Waals surface area contributed by atoms with Gasteiger partial charge in [0.1, 0.15) is 0 Å². The molecule has 1 N–H and O–H groups in total. The van der Waals surface area contributed by atoms with E-state index in [2.05, 4.69) is 42.3 Å². The smallest absolute Gasteiger partial charge is 0.317 e. The van der Waals surface area contributed by atoms with Gasteiger partial charge in [-0.1, -0.05) is 12.1 Å². The van der Waals surface area contributed by atoms with Crippen molar-refractivity contribution in [2.24, 2.45) is 5.92 Å². The Morgan fingerprint density at radius 1 is 0.893 bits per heavy atom. The van der Waals surface area contributed by atoms with Crippen LogP contribution in [0.1, 0.15) is 36.8 Å². The number of hydrogen-bond acceptors (Lipinski definition) is 3. The lowest BCUT2D eigenvalue weighted by Gasteiger charge is -2.39. The molecule has 1 aliphatic carbocycles. The summed E-state index contributed by atoms with van der Waals surface area (Å²) in [6.45, 7) is 9.01. The molecule has 2 aliphatic heterocycles. The molecule has 2 heterocycles. The van der Waals surface area contributed by atoms with Gasteiger partial charge in [-0.3, -0.25) is 4.79 Å². The standard InChI is InChI=1S/C22H32N4O2/c1-16-3-4-17(2)20(15-16)24-11-13-25(14-12-24)21(27)18-7-9-26(10-8-18)22(28)23-19-5-6-19/h3-4,15,18-19H,5-14H2,1-2H3,(H,23,28). The summed E-state index contributed by atoms with van der Waals surface area (Å²) in [5.74, 6) is 0.347. The Bertz CT molecular complexity index is 730. The van der Waals surface area contributed by atoms with E-state index in [0.29, 0.717) is 19.1 Å². The van der Waals surface area contributed by atoms with Crippen LogP contribution in [0.4, 0.5) is 10.5 Å². The number of piperazine rings is 1. The fourth-order valence-corrected chi connectivity index (χ4v) is 4.31. The van der Waals surface area contributed by atoms with Crippen molar-refractivity contribution in [1.29, 1.82) is 0 Å². The molecule has 0 spiro atoms. The van der Waals surface area contributed by atoms with Gasteiger partial charge in [-0.25, -0.2) is 4.79 Å². The number of nitrogens with one attached hydrogen (secondary N) is 1. The van der Waals surface area contributed by atoms with Crippen LogP contribution in [-0.4, -0.2) is 67.0 Å². The molecular formula is C22H32N4O2. The van der Waals surface area contributed by atoms with Crippen LogP contribution in [0.5, 0.6) is 0 Å². The number of hydrogen-bond donors (Lipinski definition) is 1. The van der Waals surface area contributed by atoms with Crippen molar-refractivity contribution in [3.05, 3.63) is 29.3 Å². The lowest BCUT2D eigenvalue weighted by atomic mass is 9.95. The van der Waals surface area contributed by atoms with Crippen molar-refractivity contribution < 1.29 is 9.59 Å². The van der Waals surface area contributed by atoms with Crippen molar-refractivity contribution in [2.45, 2.75) is 45.6 Å². The van der Waals surface area contributed by atoms with Gasteiger partial charge in [-0.05, 0) is 56.7 Å². The van der Waals surface area contributed by atoms with Gasteiger partial charge in [-0.15, -0.1) is 0 Å². The zero-order chi connectivity index (χ0) is 19.7. The van der Waals surface area contributed by atoms with Crippen LogP contribution in [0.3, 0.4) is 0 Å². The van der Waals surface area contributed by atoms with Gasteiger partial charge in [0, 0.05) is 56.9 Å². The van der Waals surface area contributed by atoms with E-state index < -0.39 is 0 Å². The highest BCUT2D eigenvalue weighted by molar-refractivity contribution is 5.80. The fraction of sp³-hybridized carbons (Fsp3) is 0.636. The number of urea groups is 1. The first-order chi connectivity index (χ1) is 13.5. The first kappa shape index (κ1) is 19.1. The second-order valence-corrected chi connectivity index (χ2v) is 8.59. The molecule has 0 atom stereocenters. The Hall–Kier alpha value is -2.24. The third-order valence-corrected chi connectivity index (χ3v) is 6.33. The molecule has 2 saturated heterocycles. The molecule has 1 saturated carbocycles. The largest absolute Gasteiger partial charge is 0.368 e. The molecule has 6 nitrogen and oxygen atoms in total. The maximum Gasteiger partial charge on any atom is 0.317 e. The van der Waals surface area contributed by atoms with E-state index >= 15 is 0 Å². The van der Waals surface area contributed by atoms with Gasteiger partial charge in [-0.2, -0.15) is 0 Å². The Balaban J connectivity index is 1.26. The van der Waals surface area contributed by atoms with Crippen molar-refractivity contribution in [1.82, 2.24) is 15.1 Å². The molecule has 1 aromatic carbocycles. The van der Waals surface area contributed by atoms with E-state index in [-0.39, 0.29) is 17.9 Å². The predicted octanol–water partition coefficient (Wildman–Crippen LogP) is 2.54. The van der Waals surface area contributed by atoms with Crippen molar-refractivity contribution in [2.75, 3.05) is 44.2 Å². The fourth-order valence-electron chi connectivity index (χ4n) is 4.31. The number of carbonyl (C=O) groups excluding carboxylic acids is 2. The lowest BCUT2D eigenvalue weighted by Crippen LogP contribution is -2.52. The number of likely N-dealkylation sites (tertiary alicyclic amines) is 1. The second kappa shape index (κ2) is 8.02. The SMILES string of the molecule is Cc1ccc(C)c(N2CCN(C(=O)C3CCN(C(=O)NC4CC4)CC3)CC2)c1. The normalized spacial score (nSPS) is 21.0. The summed E-state index contributed by atoms with van der Waals surface area (Å²) in [6, 6.07) is 7.01. The summed E-state index contributed by atoms with van der Waals surface area (Å²) >= 11 is 0. The molecular weight excluding hydrogens is 352 g/mol. The Kier molecular flexibility index (Phi) is 5.47. The minimum absolute atomic E-state index is 0.0514. The molecule has 152 valence electrons. The minimum atomic E-state index is 0.0514. The van der Waals surface area contributed by atoms with Gasteiger partial charge in [0.05, 0.1) is 0 Å². The number of anilines is 1. The number of carbonyl (C=O) groups is 2. The quantitative estimate of drug-likeness (QED) is 0.871. The van der Waals surface area contributed by atoms with E-state index in [9.17, 15) is 9.59 Å². The molecule has 0 bridgehead atoms. The molecule has 0 aromatic heterocycles. The van der Waals surface area contributed by atoms with E-state index in [1.807, 2.05) is 9.80 Å². The highest BCUT2D eigenvalue weighted by atomic mass is 16.2. The number of rotatable bonds is 3. The summed E-state index contributed by atoms with van der Waals surface area (Å²) in [4.78, 5) is 31.4. The molecule has 3 fully saturated rings. The van der Waals surface area contributed by atoms with Crippen molar-refractivity contribution in [3.8, 4) is 0 Å². The number of aryl methyl sites for hydroxylation is 2. The Morgan fingerprint density at radius 2 is 1.57 bits per heavy atom. The van der Waals surface area contributed by atoms with Crippen molar-refractivity contribution in [3.63, 3.8) is 0 Å². The summed E-state index contributed by atoms with van der Waals surface area (Å²) in [5, 5.41) is 3.05. The van der Waals surface area contributed by atoms with Crippen LogP contribution < -0.4 is 10.2 Å². The monoisotopic (exact) mass is 384 g/mol. The number of benzene rings is 1. The van der Waals surface area contributed by atoms with Gasteiger partial charge in [0.25, 0.3) is 0 Å². The van der Waals surface area contributed by atoms with Crippen LogP contribution >= 0.6 is 0 Å². The van der Waals surface area contributed by atoms with Gasteiger partial charge in [0.2, 0.25) is 5.91 Å². The molecule has 3 amide bonds. The summed E-state index contributed by atoms with van der Waals surface area (Å²) < 4.78 is 0. The second-order valence-electron chi connectivity index (χ2n) is 8.59. The third kappa shape index (κ3) is 4.26. The summed E-state index contributed by atoms with van der Waals surface area (Å²) in [7, 11) is 0. The zero-order valence-corrected chi connectivity index (χ0v) is 17.1. The highest BCUT2D eigenvalue weighted by Gasteiger charge is 2.33. The third-order valence-electron chi connectivity index (χ3n) is 6.33. The number of piperidine rings is 1. The van der Waals surface area contributed by atoms with E-state index in [4.69, 9.17) is 0 Å². The molecule has 3 aliphatic rings. The van der Waals surface area contributed by atoms with Crippen LogP contribution in [0.25, 0.3) is 0 Å². The molecule has 4 rings (SSSR count). The van der Waals surface area contributed by atoms with Crippen LogP contribution in [0, 0.1) is 19.8 Å². The first-order valence-electron chi connectivity index (χ1n) is 10.7. The predicted molar refractivity (Wildman–Crippen MR) is 111 cm³/mol. The van der Waals surface area contributed by atoms with Crippen LogP contribution in [0.15, 0.2) is 18.2 Å². The molecule has 6 heteroatoms. The van der Waals surface area contributed by atoms with Gasteiger partial charge < -0.3 is 20.0 Å². The molecule has 1 aromatic rings. The Labute approximate surface area is 167 Å². The maximum absolute atomic E-state index is 13.0. The van der Waals surface area contributed by atoms with Crippen LogP contribution in [-0.2, 0) is 4.79 Å². The molecule has 0 radical (unpaired) electrons. The van der Waals surface area contributed by atoms with E-state index in [0.717, 1.165) is 51.9 Å². The molecule has 28 heavy (non-hydrogen) atoms. The lowest BCUT2D eigenvalue weighted by molar-refractivity contribution is -0.137. The molecule has 0 unspecified atom stereocenters. The maximum atomic E-state index is 13.0. The average molecular weight is 385 g/mol. The highest BCUT2D eigenvalue weighted by Crippen LogP contribution is 2.25. The number of amides is 3. The number of nitrogens with zero attached hydrogens (tertiary/aromatic N) is 3. The van der Waals surface area contributed by atoms with Gasteiger partial charge in [0.15, 0.2) is 0 Å². The minimum Gasteiger partial charge on any atom is -0.368 e. The Morgan fingerprint density at radius 3 is 2.21 bits per heavy atom. The van der Waals surface area contributed by atoms with E-state index in [1.54, 1.807) is 0 Å². The topological polar surface area (TPSA) is 55.9 Å². The first-order valence-corrected chi connectivity index (χ1v) is 10.7. The average Bonchev–Trinajstić information content (AvgIpc) is 3.53. The van der Waals surface area contributed by atoms with Gasteiger partial charge >= 0.3 is 6.03 Å². The summed E-state index contributed by atoms with van der Waals surface area (Å²) in [5.41, 5.74) is 3.86. The zero-order valence-electron chi connectivity index (χ0n) is 17.1. The van der Waals surface area contributed by atoms with Crippen LogP contribution in [0.2, 0.25) is 0 Å². The summed E-state index contributed by atoms with van der Waals surface area (Å²) in [6.07, 6.45) is 3.78. The van der Waals surface area contributed by atoms with Crippen molar-refractivity contribution >= 4 is 17.6 Å².